The van der Waals surface area contributed by atoms with Gasteiger partial charge >= 0.3 is 11.6 Å². The van der Waals surface area contributed by atoms with Crippen LogP contribution in [0, 0.1) is 5.92 Å². The van der Waals surface area contributed by atoms with Crippen LogP contribution in [0.3, 0.4) is 0 Å². The van der Waals surface area contributed by atoms with E-state index in [0.29, 0.717) is 16.9 Å². The predicted molar refractivity (Wildman–Crippen MR) is 143 cm³/mol. The molecule has 0 aliphatic heterocycles. The number of hydrogen-bond acceptors (Lipinski definition) is 5. The summed E-state index contributed by atoms with van der Waals surface area (Å²) in [5.41, 5.74) is 4.16. The first-order chi connectivity index (χ1) is 17.4. The molecule has 3 aromatic rings. The standard InChI is InChI=1S/C31H36O5/c1-5-8-9-10-21-11-14-25(22(6-2)17-21)26-18-23-12-13-24(19-29(23)36-31(26)33)34-27-15-16-28(20(27)4)35-30(32)7-3/h7,11-14,17-20,27-28H,3,5-6,8-10,15-16H2,1-2,4H3. The van der Waals surface area contributed by atoms with E-state index in [4.69, 9.17) is 13.9 Å². The first-order valence-electron chi connectivity index (χ1n) is 13.1. The van der Waals surface area contributed by atoms with E-state index in [2.05, 4.69) is 38.6 Å². The van der Waals surface area contributed by atoms with E-state index in [-0.39, 0.29) is 23.8 Å². The van der Waals surface area contributed by atoms with Crippen molar-refractivity contribution in [2.24, 2.45) is 5.92 Å². The molecule has 36 heavy (non-hydrogen) atoms. The summed E-state index contributed by atoms with van der Waals surface area (Å²) in [6.07, 6.45) is 7.97. The fourth-order valence-electron chi connectivity index (χ4n) is 5.09. The summed E-state index contributed by atoms with van der Waals surface area (Å²) in [5, 5.41) is 0.850. The van der Waals surface area contributed by atoms with Gasteiger partial charge in [0.05, 0.1) is 5.56 Å². The quantitative estimate of drug-likeness (QED) is 0.133. The van der Waals surface area contributed by atoms with Gasteiger partial charge in [-0.3, -0.25) is 0 Å². The maximum atomic E-state index is 13.0. The van der Waals surface area contributed by atoms with Gasteiger partial charge in [0.1, 0.15) is 23.5 Å². The number of carbonyl (C=O) groups excluding carboxylic acids is 1. The SMILES string of the molecule is C=CC(=O)OC1CCC(Oc2ccc3cc(-c4ccc(CCCCC)cc4CC)c(=O)oc3c2)C1C. The van der Waals surface area contributed by atoms with E-state index in [1.807, 2.05) is 25.1 Å². The minimum atomic E-state index is -0.409. The van der Waals surface area contributed by atoms with E-state index in [9.17, 15) is 9.59 Å². The molecule has 0 saturated heterocycles. The van der Waals surface area contributed by atoms with Crippen molar-refractivity contribution in [1.29, 1.82) is 0 Å². The second-order valence-electron chi connectivity index (χ2n) is 9.72. The molecule has 3 unspecified atom stereocenters. The minimum Gasteiger partial charge on any atom is -0.490 e. The number of rotatable bonds is 10. The molecule has 1 heterocycles. The third-order valence-corrected chi connectivity index (χ3v) is 7.25. The van der Waals surface area contributed by atoms with Crippen molar-refractivity contribution in [2.75, 3.05) is 0 Å². The maximum absolute atomic E-state index is 13.0. The van der Waals surface area contributed by atoms with E-state index in [1.165, 1.54) is 30.9 Å². The Morgan fingerprint density at radius 1 is 1.06 bits per heavy atom. The number of aryl methyl sites for hydroxylation is 2. The molecule has 1 saturated carbocycles. The van der Waals surface area contributed by atoms with Crippen molar-refractivity contribution < 1.29 is 18.7 Å². The van der Waals surface area contributed by atoms with Crippen LogP contribution in [-0.4, -0.2) is 18.2 Å². The second kappa shape index (κ2) is 11.6. The Hall–Kier alpha value is -3.34. The van der Waals surface area contributed by atoms with Crippen molar-refractivity contribution in [3.8, 4) is 16.9 Å². The van der Waals surface area contributed by atoms with E-state index in [1.54, 1.807) is 6.07 Å². The smallest absolute Gasteiger partial charge is 0.344 e. The number of hydrogen-bond donors (Lipinski definition) is 0. The molecule has 1 aliphatic rings. The monoisotopic (exact) mass is 488 g/mol. The van der Waals surface area contributed by atoms with Gasteiger partial charge in [-0.25, -0.2) is 9.59 Å². The number of benzene rings is 2. The van der Waals surface area contributed by atoms with Crippen molar-refractivity contribution >= 4 is 16.9 Å². The fourth-order valence-corrected chi connectivity index (χ4v) is 5.09. The van der Waals surface area contributed by atoms with Gasteiger partial charge in [0.25, 0.3) is 0 Å². The van der Waals surface area contributed by atoms with Crippen LogP contribution < -0.4 is 10.4 Å². The summed E-state index contributed by atoms with van der Waals surface area (Å²) in [6.45, 7) is 9.81. The van der Waals surface area contributed by atoms with Gasteiger partial charge < -0.3 is 13.9 Å². The molecule has 0 radical (unpaired) electrons. The van der Waals surface area contributed by atoms with E-state index >= 15 is 0 Å². The Labute approximate surface area is 213 Å². The average Bonchev–Trinajstić information content (AvgIpc) is 3.22. The highest BCUT2D eigenvalue weighted by molar-refractivity contribution is 5.83. The summed E-state index contributed by atoms with van der Waals surface area (Å²) in [7, 11) is 0. The Bertz CT molecular complexity index is 1290. The van der Waals surface area contributed by atoms with Gasteiger partial charge in [0.2, 0.25) is 0 Å². The van der Waals surface area contributed by atoms with Crippen LogP contribution in [0.15, 0.2) is 64.3 Å². The number of esters is 1. The summed E-state index contributed by atoms with van der Waals surface area (Å²) in [4.78, 5) is 24.6. The van der Waals surface area contributed by atoms with Crippen LogP contribution in [0.4, 0.5) is 0 Å². The van der Waals surface area contributed by atoms with Crippen LogP contribution in [0.5, 0.6) is 5.75 Å². The van der Waals surface area contributed by atoms with Crippen LogP contribution in [0.25, 0.3) is 22.1 Å². The maximum Gasteiger partial charge on any atom is 0.344 e. The van der Waals surface area contributed by atoms with Crippen LogP contribution in [0.2, 0.25) is 0 Å². The first kappa shape index (κ1) is 25.7. The summed E-state index contributed by atoms with van der Waals surface area (Å²) < 4.78 is 17.4. The Morgan fingerprint density at radius 3 is 2.61 bits per heavy atom. The highest BCUT2D eigenvalue weighted by atomic mass is 16.5. The molecular formula is C31H36O5. The topological polar surface area (TPSA) is 65.7 Å². The Morgan fingerprint density at radius 2 is 1.86 bits per heavy atom. The van der Waals surface area contributed by atoms with Crippen LogP contribution >= 0.6 is 0 Å². The molecule has 0 N–H and O–H groups in total. The van der Waals surface area contributed by atoms with Crippen molar-refractivity contribution in [3.63, 3.8) is 0 Å². The fraction of sp³-hybridized carbons (Fsp3) is 0.419. The first-order valence-corrected chi connectivity index (χ1v) is 13.1. The summed E-state index contributed by atoms with van der Waals surface area (Å²) in [5.74, 6) is 0.279. The Kier molecular flexibility index (Phi) is 8.29. The summed E-state index contributed by atoms with van der Waals surface area (Å²) in [6, 6.07) is 13.9. The van der Waals surface area contributed by atoms with Gasteiger partial charge in [-0.05, 0) is 67.0 Å². The molecule has 1 aliphatic carbocycles. The highest BCUT2D eigenvalue weighted by Gasteiger charge is 2.36. The molecular weight excluding hydrogens is 452 g/mol. The number of unbranched alkanes of at least 4 members (excludes halogenated alkanes) is 2. The normalized spacial score (nSPS) is 19.4. The molecule has 1 fully saturated rings. The van der Waals surface area contributed by atoms with Crippen molar-refractivity contribution in [1.82, 2.24) is 0 Å². The molecule has 0 bridgehead atoms. The van der Waals surface area contributed by atoms with Crippen LogP contribution in [0.1, 0.15) is 64.0 Å². The van der Waals surface area contributed by atoms with E-state index in [0.717, 1.165) is 42.2 Å². The summed E-state index contributed by atoms with van der Waals surface area (Å²) >= 11 is 0. The second-order valence-corrected chi connectivity index (χ2v) is 9.72. The lowest BCUT2D eigenvalue weighted by atomic mass is 9.94. The van der Waals surface area contributed by atoms with Crippen molar-refractivity contribution in [2.45, 2.75) is 77.9 Å². The van der Waals surface area contributed by atoms with Gasteiger partial charge in [-0.15, -0.1) is 0 Å². The molecule has 0 amide bonds. The van der Waals surface area contributed by atoms with Gasteiger partial charge in [0.15, 0.2) is 0 Å². The lowest BCUT2D eigenvalue weighted by molar-refractivity contribution is -0.144. The number of fused-ring (bicyclic) bond motifs is 1. The zero-order valence-electron chi connectivity index (χ0n) is 21.5. The number of carbonyl (C=O) groups is 1. The highest BCUT2D eigenvalue weighted by Crippen LogP contribution is 2.34. The zero-order valence-corrected chi connectivity index (χ0v) is 21.5. The molecule has 3 atom stereocenters. The van der Waals surface area contributed by atoms with Crippen molar-refractivity contribution in [3.05, 3.63) is 76.7 Å². The lowest BCUT2D eigenvalue weighted by Crippen LogP contribution is -2.27. The van der Waals surface area contributed by atoms with Crippen LogP contribution in [-0.2, 0) is 22.4 Å². The molecule has 1 aromatic heterocycles. The molecule has 4 rings (SSSR count). The lowest BCUT2D eigenvalue weighted by Gasteiger charge is -2.21. The van der Waals surface area contributed by atoms with Gasteiger partial charge in [-0.2, -0.15) is 0 Å². The van der Waals surface area contributed by atoms with Gasteiger partial charge in [-0.1, -0.05) is 58.4 Å². The minimum absolute atomic E-state index is 0.0522. The average molecular weight is 489 g/mol. The predicted octanol–water partition coefficient (Wildman–Crippen LogP) is 7.03. The van der Waals surface area contributed by atoms with E-state index < -0.39 is 5.97 Å². The largest absolute Gasteiger partial charge is 0.490 e. The molecule has 0 spiro atoms. The third kappa shape index (κ3) is 5.72. The zero-order chi connectivity index (χ0) is 25.7. The molecule has 190 valence electrons. The molecule has 2 aromatic carbocycles. The molecule has 5 nitrogen and oxygen atoms in total. The third-order valence-electron chi connectivity index (χ3n) is 7.25. The van der Waals surface area contributed by atoms with Gasteiger partial charge in [0, 0.05) is 23.4 Å². The number of ether oxygens (including phenoxy) is 2. The molecule has 5 heteroatoms. The Balaban J connectivity index is 1.54.